The Morgan fingerprint density at radius 1 is 1.21 bits per heavy atom. The lowest BCUT2D eigenvalue weighted by Gasteiger charge is -2.10. The van der Waals surface area contributed by atoms with Crippen LogP contribution in [0.2, 0.25) is 5.02 Å². The molecular weight excluding hydrogens is 374 g/mol. The molecule has 2 aromatic carbocycles. The summed E-state index contributed by atoms with van der Waals surface area (Å²) in [5, 5.41) is 7.56. The Kier molecular flexibility index (Phi) is 6.71. The van der Waals surface area contributed by atoms with Crippen LogP contribution in [0.5, 0.6) is 5.75 Å². The summed E-state index contributed by atoms with van der Waals surface area (Å²) in [5.41, 5.74) is 2.83. The predicted octanol–water partition coefficient (Wildman–Crippen LogP) is 4.67. The van der Waals surface area contributed by atoms with Gasteiger partial charge in [-0.2, -0.15) is 5.10 Å². The number of hydrogen-bond acceptors (Lipinski definition) is 3. The van der Waals surface area contributed by atoms with Gasteiger partial charge in [-0.25, -0.2) is 0 Å². The summed E-state index contributed by atoms with van der Waals surface area (Å²) in [6.07, 6.45) is 3.29. The standard InChI is InChI=1S/C22H24ClN3O2/c1-16(2)18-6-8-21(9-7-18)28-15-17-4-3-5-19(12-17)22(27)24-10-11-26-14-20(23)13-25-26/h3-9,12-14,16H,10-11,15H2,1-2H3,(H,24,27). The van der Waals surface area contributed by atoms with E-state index < -0.39 is 0 Å². The van der Waals surface area contributed by atoms with Crippen molar-refractivity contribution >= 4 is 17.5 Å². The molecule has 0 saturated carbocycles. The highest BCUT2D eigenvalue weighted by atomic mass is 35.5. The fourth-order valence-corrected chi connectivity index (χ4v) is 2.92. The molecule has 0 fully saturated rings. The zero-order chi connectivity index (χ0) is 19.9. The van der Waals surface area contributed by atoms with Crippen molar-refractivity contribution in [2.24, 2.45) is 0 Å². The lowest BCUT2D eigenvalue weighted by atomic mass is 10.0. The molecule has 0 saturated heterocycles. The van der Waals surface area contributed by atoms with Gasteiger partial charge < -0.3 is 10.1 Å². The van der Waals surface area contributed by atoms with Gasteiger partial charge in [0.05, 0.1) is 17.8 Å². The van der Waals surface area contributed by atoms with Crippen LogP contribution in [0.4, 0.5) is 0 Å². The number of aromatic nitrogens is 2. The van der Waals surface area contributed by atoms with E-state index in [4.69, 9.17) is 16.3 Å². The molecule has 0 unspecified atom stereocenters. The Morgan fingerprint density at radius 3 is 2.68 bits per heavy atom. The molecule has 1 amide bonds. The number of benzene rings is 2. The van der Waals surface area contributed by atoms with Crippen LogP contribution in [0.3, 0.4) is 0 Å². The first kappa shape index (κ1) is 20.0. The summed E-state index contributed by atoms with van der Waals surface area (Å²) in [6.45, 7) is 5.77. The van der Waals surface area contributed by atoms with E-state index in [1.807, 2.05) is 30.3 Å². The molecule has 1 aromatic heterocycles. The zero-order valence-corrected chi connectivity index (χ0v) is 16.8. The van der Waals surface area contributed by atoms with Crippen LogP contribution >= 0.6 is 11.6 Å². The Bertz CT molecular complexity index is 920. The third-order valence-electron chi connectivity index (χ3n) is 4.37. The number of carbonyl (C=O) groups excluding carboxylic acids is 1. The largest absolute Gasteiger partial charge is 0.489 e. The third kappa shape index (κ3) is 5.60. The molecule has 0 aliphatic heterocycles. The molecule has 6 heteroatoms. The van der Waals surface area contributed by atoms with Gasteiger partial charge >= 0.3 is 0 Å². The Balaban J connectivity index is 1.51. The van der Waals surface area contributed by atoms with E-state index >= 15 is 0 Å². The van der Waals surface area contributed by atoms with Crippen LogP contribution < -0.4 is 10.1 Å². The molecule has 0 aliphatic carbocycles. The van der Waals surface area contributed by atoms with E-state index in [1.54, 1.807) is 23.1 Å². The summed E-state index contributed by atoms with van der Waals surface area (Å²) in [5.74, 6) is 1.19. The maximum absolute atomic E-state index is 12.4. The normalized spacial score (nSPS) is 10.9. The quantitative estimate of drug-likeness (QED) is 0.601. The first-order valence-corrected chi connectivity index (χ1v) is 9.67. The molecule has 146 valence electrons. The molecule has 28 heavy (non-hydrogen) atoms. The second-order valence-electron chi connectivity index (χ2n) is 6.89. The highest BCUT2D eigenvalue weighted by Gasteiger charge is 2.07. The van der Waals surface area contributed by atoms with Gasteiger partial charge in [-0.3, -0.25) is 9.48 Å². The maximum atomic E-state index is 12.4. The van der Waals surface area contributed by atoms with Crippen molar-refractivity contribution in [3.8, 4) is 5.75 Å². The van der Waals surface area contributed by atoms with Crippen molar-refractivity contribution in [1.82, 2.24) is 15.1 Å². The van der Waals surface area contributed by atoms with Crippen LogP contribution in [0.15, 0.2) is 60.9 Å². The average molecular weight is 398 g/mol. The van der Waals surface area contributed by atoms with Gasteiger partial charge in [-0.05, 0) is 41.3 Å². The number of nitrogens with zero attached hydrogens (tertiary/aromatic N) is 2. The van der Waals surface area contributed by atoms with Crippen LogP contribution in [0.25, 0.3) is 0 Å². The van der Waals surface area contributed by atoms with Crippen molar-refractivity contribution in [2.45, 2.75) is 32.9 Å². The van der Waals surface area contributed by atoms with Crippen molar-refractivity contribution in [2.75, 3.05) is 6.54 Å². The van der Waals surface area contributed by atoms with Gasteiger partial charge in [0.1, 0.15) is 12.4 Å². The van der Waals surface area contributed by atoms with E-state index in [1.165, 1.54) is 5.56 Å². The number of amides is 1. The topological polar surface area (TPSA) is 56.1 Å². The summed E-state index contributed by atoms with van der Waals surface area (Å²) in [6, 6.07) is 15.6. The van der Waals surface area contributed by atoms with Crippen molar-refractivity contribution in [3.63, 3.8) is 0 Å². The first-order valence-electron chi connectivity index (χ1n) is 9.29. The van der Waals surface area contributed by atoms with Gasteiger partial charge in [-0.15, -0.1) is 0 Å². The molecule has 0 atom stereocenters. The van der Waals surface area contributed by atoms with Crippen LogP contribution in [-0.4, -0.2) is 22.2 Å². The fourth-order valence-electron chi connectivity index (χ4n) is 2.76. The van der Waals surface area contributed by atoms with E-state index in [0.29, 0.717) is 36.2 Å². The monoisotopic (exact) mass is 397 g/mol. The average Bonchev–Trinajstić information content (AvgIpc) is 3.12. The second-order valence-corrected chi connectivity index (χ2v) is 7.33. The highest BCUT2D eigenvalue weighted by molar-refractivity contribution is 6.30. The lowest BCUT2D eigenvalue weighted by molar-refractivity contribution is 0.0951. The number of ether oxygens (including phenoxy) is 1. The smallest absolute Gasteiger partial charge is 0.251 e. The zero-order valence-electron chi connectivity index (χ0n) is 16.1. The Hall–Kier alpha value is -2.79. The first-order chi connectivity index (χ1) is 13.5. The van der Waals surface area contributed by atoms with Gasteiger partial charge in [-0.1, -0.05) is 49.7 Å². The van der Waals surface area contributed by atoms with E-state index in [9.17, 15) is 4.79 Å². The molecule has 3 rings (SSSR count). The molecule has 1 heterocycles. The number of halogens is 1. The molecule has 0 bridgehead atoms. The van der Waals surface area contributed by atoms with Crippen molar-refractivity contribution in [3.05, 3.63) is 82.6 Å². The number of hydrogen-bond donors (Lipinski definition) is 1. The van der Waals surface area contributed by atoms with Crippen LogP contribution in [0, 0.1) is 0 Å². The Morgan fingerprint density at radius 2 is 2.00 bits per heavy atom. The number of nitrogens with one attached hydrogen (secondary N) is 1. The van der Waals surface area contributed by atoms with Crippen molar-refractivity contribution in [1.29, 1.82) is 0 Å². The van der Waals surface area contributed by atoms with Gasteiger partial charge in [0.15, 0.2) is 0 Å². The third-order valence-corrected chi connectivity index (χ3v) is 4.56. The van der Waals surface area contributed by atoms with E-state index in [-0.39, 0.29) is 5.91 Å². The van der Waals surface area contributed by atoms with Gasteiger partial charge in [0.25, 0.3) is 5.91 Å². The molecule has 5 nitrogen and oxygen atoms in total. The highest BCUT2D eigenvalue weighted by Crippen LogP contribution is 2.19. The molecule has 0 radical (unpaired) electrons. The minimum absolute atomic E-state index is 0.124. The summed E-state index contributed by atoms with van der Waals surface area (Å²) in [4.78, 5) is 12.4. The SMILES string of the molecule is CC(C)c1ccc(OCc2cccc(C(=O)NCCn3cc(Cl)cn3)c2)cc1. The molecular formula is C22H24ClN3O2. The second kappa shape index (κ2) is 9.42. The van der Waals surface area contributed by atoms with Gasteiger partial charge in [0.2, 0.25) is 0 Å². The van der Waals surface area contributed by atoms with E-state index in [0.717, 1.165) is 11.3 Å². The lowest BCUT2D eigenvalue weighted by Crippen LogP contribution is -2.27. The molecule has 1 N–H and O–H groups in total. The number of carbonyl (C=O) groups is 1. The fraction of sp³-hybridized carbons (Fsp3) is 0.273. The molecule has 0 spiro atoms. The van der Waals surface area contributed by atoms with Crippen LogP contribution in [-0.2, 0) is 13.2 Å². The Labute approximate surface area is 170 Å². The van der Waals surface area contributed by atoms with E-state index in [2.05, 4.69) is 36.4 Å². The summed E-state index contributed by atoms with van der Waals surface area (Å²) < 4.78 is 7.54. The van der Waals surface area contributed by atoms with Crippen LogP contribution in [0.1, 0.15) is 41.3 Å². The summed E-state index contributed by atoms with van der Waals surface area (Å²) in [7, 11) is 0. The van der Waals surface area contributed by atoms with Gasteiger partial charge in [0, 0.05) is 18.3 Å². The maximum Gasteiger partial charge on any atom is 0.251 e. The molecule has 3 aromatic rings. The molecule has 0 aliphatic rings. The minimum atomic E-state index is -0.124. The van der Waals surface area contributed by atoms with Crippen molar-refractivity contribution < 1.29 is 9.53 Å². The number of rotatable bonds is 8. The summed E-state index contributed by atoms with van der Waals surface area (Å²) >= 11 is 5.83. The predicted molar refractivity (Wildman–Crippen MR) is 111 cm³/mol. The minimum Gasteiger partial charge on any atom is -0.489 e.